The average molecular weight is 737 g/mol. The highest BCUT2D eigenvalue weighted by atomic mass is 16.3. The van der Waals surface area contributed by atoms with E-state index in [2.05, 4.69) is 205 Å². The first-order valence-corrected chi connectivity index (χ1v) is 19.7. The van der Waals surface area contributed by atoms with Gasteiger partial charge < -0.3 is 15.1 Å². The molecule has 274 valence electrons. The van der Waals surface area contributed by atoms with Crippen LogP contribution in [0.25, 0.3) is 38.8 Å². The molecule has 8 aromatic rings. The molecular formula is C52H40N4O. The molecule has 11 rings (SSSR count). The van der Waals surface area contributed by atoms with Crippen LogP contribution in [0.1, 0.15) is 50.9 Å². The van der Waals surface area contributed by atoms with Crippen LogP contribution in [0.4, 0.5) is 0 Å². The summed E-state index contributed by atoms with van der Waals surface area (Å²) in [6.07, 6.45) is 1.78. The van der Waals surface area contributed by atoms with Gasteiger partial charge in [-0.3, -0.25) is 4.90 Å². The number of nitrogens with zero attached hydrogens (tertiary/aromatic N) is 2. The summed E-state index contributed by atoms with van der Waals surface area (Å²) in [5.74, 6) is 1.80. The van der Waals surface area contributed by atoms with Crippen LogP contribution in [0.5, 0.6) is 0 Å². The number of hydrogen-bond acceptors (Lipinski definition) is 5. The van der Waals surface area contributed by atoms with Crippen molar-refractivity contribution in [1.29, 1.82) is 0 Å². The lowest BCUT2D eigenvalue weighted by atomic mass is 9.67. The first kappa shape index (κ1) is 33.4. The van der Waals surface area contributed by atoms with Crippen LogP contribution in [0.3, 0.4) is 0 Å². The second kappa shape index (κ2) is 13.4. The fraction of sp³-hybridized carbons (Fsp3) is 0.0962. The molecule has 0 spiro atoms. The summed E-state index contributed by atoms with van der Waals surface area (Å²) in [7, 11) is 2.15. The van der Waals surface area contributed by atoms with Crippen LogP contribution >= 0.6 is 0 Å². The number of aliphatic imine (C=N–C) groups is 1. The monoisotopic (exact) mass is 736 g/mol. The predicted octanol–water partition coefficient (Wildman–Crippen LogP) is 10.9. The number of amidine groups is 1. The van der Waals surface area contributed by atoms with Gasteiger partial charge in [0.25, 0.3) is 0 Å². The van der Waals surface area contributed by atoms with Gasteiger partial charge in [0, 0.05) is 28.3 Å². The summed E-state index contributed by atoms with van der Waals surface area (Å²) < 4.78 is 6.64. The number of likely N-dealkylation sites (N-methyl/N-ethyl adjacent to an activating group) is 1. The Labute approximate surface area is 332 Å². The largest absolute Gasteiger partial charge is 0.459 e. The highest BCUT2D eigenvalue weighted by Gasteiger charge is 2.46. The Hall–Kier alpha value is -6.95. The van der Waals surface area contributed by atoms with Crippen LogP contribution < -0.4 is 10.6 Å². The molecule has 0 saturated heterocycles. The van der Waals surface area contributed by atoms with Gasteiger partial charge >= 0.3 is 0 Å². The van der Waals surface area contributed by atoms with Crippen LogP contribution in [0, 0.1) is 0 Å². The third kappa shape index (κ3) is 5.23. The zero-order valence-corrected chi connectivity index (χ0v) is 31.6. The third-order valence-electron chi connectivity index (χ3n) is 12.1. The minimum Gasteiger partial charge on any atom is -0.459 e. The Morgan fingerprint density at radius 3 is 1.96 bits per heavy atom. The van der Waals surface area contributed by atoms with Crippen molar-refractivity contribution in [2.75, 3.05) is 7.05 Å². The number of rotatable bonds is 6. The third-order valence-corrected chi connectivity index (χ3v) is 12.1. The molecule has 0 fully saturated rings. The molecule has 5 nitrogen and oxygen atoms in total. The van der Waals surface area contributed by atoms with Gasteiger partial charge in [-0.25, -0.2) is 4.99 Å². The lowest BCUT2D eigenvalue weighted by Gasteiger charge is -2.40. The summed E-state index contributed by atoms with van der Waals surface area (Å²) in [6, 6.07) is 65.7. The van der Waals surface area contributed by atoms with Crippen molar-refractivity contribution in [3.05, 3.63) is 233 Å². The summed E-state index contributed by atoms with van der Waals surface area (Å²) in [6.45, 7) is 0.614. The molecule has 0 radical (unpaired) electrons. The molecule has 0 saturated carbocycles. The average Bonchev–Trinajstić information content (AvgIpc) is 3.81. The van der Waals surface area contributed by atoms with E-state index in [9.17, 15) is 0 Å². The highest BCUT2D eigenvalue weighted by molar-refractivity contribution is 6.02. The second-order valence-corrected chi connectivity index (χ2v) is 15.2. The van der Waals surface area contributed by atoms with E-state index in [4.69, 9.17) is 9.41 Å². The minimum absolute atomic E-state index is 0.0889. The normalized spacial score (nSPS) is 18.1. The maximum atomic E-state index is 6.64. The van der Waals surface area contributed by atoms with Crippen molar-refractivity contribution in [3.63, 3.8) is 0 Å². The topological polar surface area (TPSA) is 52.8 Å². The van der Waals surface area contributed by atoms with Crippen molar-refractivity contribution < 1.29 is 4.42 Å². The van der Waals surface area contributed by atoms with Gasteiger partial charge in [-0.05, 0) is 75.3 Å². The molecule has 7 aromatic carbocycles. The maximum Gasteiger partial charge on any atom is 0.135 e. The van der Waals surface area contributed by atoms with E-state index in [0.717, 1.165) is 44.8 Å². The molecule has 1 aliphatic carbocycles. The zero-order valence-electron chi connectivity index (χ0n) is 31.6. The Morgan fingerprint density at radius 2 is 1.23 bits per heavy atom. The van der Waals surface area contributed by atoms with E-state index in [-0.39, 0.29) is 12.3 Å². The van der Waals surface area contributed by atoms with Gasteiger partial charge in [0.05, 0.1) is 12.0 Å². The first-order chi connectivity index (χ1) is 28.2. The second-order valence-electron chi connectivity index (χ2n) is 15.2. The van der Waals surface area contributed by atoms with E-state index < -0.39 is 5.41 Å². The molecule has 2 aliphatic heterocycles. The molecule has 5 heteroatoms. The van der Waals surface area contributed by atoms with Crippen molar-refractivity contribution in [2.24, 2.45) is 4.99 Å². The van der Waals surface area contributed by atoms with E-state index in [1.807, 2.05) is 6.07 Å². The number of furan rings is 1. The number of nitrogens with one attached hydrogen (secondary N) is 2. The number of hydrogen-bond donors (Lipinski definition) is 2. The SMILES string of the molecule is CN1C(C2=CNCc3oc4ccc(-c5ccc6c(c5)C(c5ccccc5)(c5ccccc5)c5ccccc5-6)cc4c32)N=C(c2ccccc2)NC1c1ccccc1. The van der Waals surface area contributed by atoms with Gasteiger partial charge in [-0.1, -0.05) is 164 Å². The fourth-order valence-electron chi connectivity index (χ4n) is 9.54. The Morgan fingerprint density at radius 1 is 0.614 bits per heavy atom. The highest BCUT2D eigenvalue weighted by Crippen LogP contribution is 2.56. The van der Waals surface area contributed by atoms with Gasteiger partial charge in [0.1, 0.15) is 29.5 Å². The van der Waals surface area contributed by atoms with E-state index in [0.29, 0.717) is 6.54 Å². The van der Waals surface area contributed by atoms with Crippen molar-refractivity contribution in [3.8, 4) is 22.3 Å². The Kier molecular flexibility index (Phi) is 7.83. The molecular weight excluding hydrogens is 697 g/mol. The fourth-order valence-corrected chi connectivity index (χ4v) is 9.54. The van der Waals surface area contributed by atoms with E-state index in [1.54, 1.807) is 0 Å². The standard InChI is InChI=1S/C52H40N4O/c1-56-50(35-18-8-3-9-19-35)54-49(34-16-6-2-7-17-34)55-51(56)43-32-53-33-47-48(43)42-30-36(27-29-46(42)57-47)37-26-28-41-40-24-14-15-25-44(40)52(45(41)31-37,38-20-10-4-11-21-38)39-22-12-5-13-23-39/h2-32,50-51,53H,33H2,1H3,(H,54,55). The van der Waals surface area contributed by atoms with Gasteiger partial charge in [0.2, 0.25) is 0 Å². The zero-order chi connectivity index (χ0) is 37.9. The molecule has 0 bridgehead atoms. The molecule has 2 atom stereocenters. The molecule has 3 aliphatic rings. The van der Waals surface area contributed by atoms with E-state index in [1.165, 1.54) is 44.5 Å². The first-order valence-electron chi connectivity index (χ1n) is 19.7. The van der Waals surface area contributed by atoms with Crippen molar-refractivity contribution >= 4 is 22.4 Å². The van der Waals surface area contributed by atoms with E-state index >= 15 is 0 Å². The Balaban J connectivity index is 1.06. The minimum atomic E-state index is -0.464. The number of benzene rings is 7. The molecule has 0 amide bonds. The van der Waals surface area contributed by atoms with Gasteiger partial charge in [-0.15, -0.1) is 0 Å². The quantitative estimate of drug-likeness (QED) is 0.178. The van der Waals surface area contributed by atoms with Gasteiger partial charge in [-0.2, -0.15) is 0 Å². The Bertz CT molecular complexity index is 2800. The lowest BCUT2D eigenvalue weighted by molar-refractivity contribution is 0.185. The van der Waals surface area contributed by atoms with Crippen LogP contribution in [0.15, 0.2) is 198 Å². The molecule has 57 heavy (non-hydrogen) atoms. The van der Waals surface area contributed by atoms with Crippen molar-refractivity contribution in [2.45, 2.75) is 24.3 Å². The maximum absolute atomic E-state index is 6.64. The lowest BCUT2D eigenvalue weighted by Crippen LogP contribution is -2.50. The van der Waals surface area contributed by atoms with Crippen LogP contribution in [-0.2, 0) is 12.0 Å². The van der Waals surface area contributed by atoms with Crippen molar-refractivity contribution in [1.82, 2.24) is 15.5 Å². The summed E-state index contributed by atoms with van der Waals surface area (Å²) in [5, 5.41) is 8.38. The smallest absolute Gasteiger partial charge is 0.135 e. The number of fused-ring (bicyclic) bond motifs is 6. The summed E-state index contributed by atoms with van der Waals surface area (Å²) >= 11 is 0. The summed E-state index contributed by atoms with van der Waals surface area (Å²) in [4.78, 5) is 7.73. The summed E-state index contributed by atoms with van der Waals surface area (Å²) in [5.41, 5.74) is 14.8. The van der Waals surface area contributed by atoms with Crippen LogP contribution in [0.2, 0.25) is 0 Å². The van der Waals surface area contributed by atoms with Crippen LogP contribution in [-0.4, -0.2) is 23.9 Å². The predicted molar refractivity (Wildman–Crippen MR) is 231 cm³/mol. The molecule has 1 aromatic heterocycles. The molecule has 2 N–H and O–H groups in total. The van der Waals surface area contributed by atoms with Gasteiger partial charge in [0.15, 0.2) is 0 Å². The molecule has 2 unspecified atom stereocenters. The molecule has 3 heterocycles.